The summed E-state index contributed by atoms with van der Waals surface area (Å²) in [5, 5.41) is 8.84. The third kappa shape index (κ3) is 2.98. The summed E-state index contributed by atoms with van der Waals surface area (Å²) >= 11 is 3.57. The van der Waals surface area contributed by atoms with Crippen LogP contribution in [0.1, 0.15) is 19.4 Å². The van der Waals surface area contributed by atoms with E-state index in [1.807, 2.05) is 11.8 Å². The summed E-state index contributed by atoms with van der Waals surface area (Å²) in [4.78, 5) is 4.57. The number of rotatable bonds is 3. The molecule has 1 unspecified atom stereocenters. The minimum absolute atomic E-state index is 0.594. The van der Waals surface area contributed by atoms with Crippen LogP contribution in [0.2, 0.25) is 0 Å². The van der Waals surface area contributed by atoms with Crippen LogP contribution >= 0.6 is 23.1 Å². The molecule has 82 valence electrons. The van der Waals surface area contributed by atoms with Crippen molar-refractivity contribution < 1.29 is 0 Å². The second-order valence-corrected chi connectivity index (χ2v) is 5.85. The lowest BCUT2D eigenvalue weighted by Crippen LogP contribution is -2.31. The first-order valence-corrected chi connectivity index (χ1v) is 7.13. The number of nitrogens with one attached hydrogen (secondary N) is 1. The Morgan fingerprint density at radius 2 is 2.47 bits per heavy atom. The maximum Gasteiger partial charge on any atom is 0.157 e. The molecule has 1 aromatic heterocycles. The van der Waals surface area contributed by atoms with E-state index in [1.165, 1.54) is 5.56 Å². The minimum Gasteiger partial charge on any atom is -0.361 e. The van der Waals surface area contributed by atoms with E-state index in [2.05, 4.69) is 41.0 Å². The van der Waals surface area contributed by atoms with Crippen LogP contribution in [0.5, 0.6) is 0 Å². The van der Waals surface area contributed by atoms with Gasteiger partial charge in [-0.05, 0) is 28.3 Å². The Labute approximate surface area is 99.2 Å². The molecule has 0 amide bonds. The van der Waals surface area contributed by atoms with Crippen LogP contribution < -0.4 is 5.32 Å². The number of hydrogen-bond acceptors (Lipinski definition) is 3. The third-order valence-electron chi connectivity index (χ3n) is 2.50. The van der Waals surface area contributed by atoms with Crippen LogP contribution in [0.25, 0.3) is 0 Å². The fourth-order valence-corrected chi connectivity index (χ4v) is 3.26. The Morgan fingerprint density at radius 1 is 1.60 bits per heavy atom. The van der Waals surface area contributed by atoms with Crippen LogP contribution in [-0.2, 0) is 6.54 Å². The topological polar surface area (TPSA) is 24.4 Å². The van der Waals surface area contributed by atoms with Gasteiger partial charge in [-0.25, -0.2) is 0 Å². The van der Waals surface area contributed by atoms with Crippen molar-refractivity contribution in [1.82, 2.24) is 5.32 Å². The number of thioether (sulfide) groups is 1. The van der Waals surface area contributed by atoms with Crippen molar-refractivity contribution >= 4 is 28.3 Å². The molecule has 2 rings (SSSR count). The molecule has 1 aliphatic rings. The maximum atomic E-state index is 4.57. The Morgan fingerprint density at radius 3 is 3.07 bits per heavy atom. The largest absolute Gasteiger partial charge is 0.361 e. The van der Waals surface area contributed by atoms with Crippen LogP contribution in [0.3, 0.4) is 0 Å². The van der Waals surface area contributed by atoms with E-state index in [4.69, 9.17) is 0 Å². The normalized spacial score (nSPS) is 23.7. The molecule has 15 heavy (non-hydrogen) atoms. The lowest BCUT2D eigenvalue weighted by molar-refractivity contribution is 0.503. The summed E-state index contributed by atoms with van der Waals surface area (Å²) in [5.41, 5.74) is 1.31. The van der Waals surface area contributed by atoms with Crippen LogP contribution in [0.4, 0.5) is 0 Å². The van der Waals surface area contributed by atoms with E-state index in [0.717, 1.165) is 17.5 Å². The first-order chi connectivity index (χ1) is 7.25. The van der Waals surface area contributed by atoms with Crippen molar-refractivity contribution in [2.24, 2.45) is 10.9 Å². The van der Waals surface area contributed by atoms with Gasteiger partial charge in [-0.15, -0.1) is 0 Å². The zero-order chi connectivity index (χ0) is 10.7. The molecule has 0 radical (unpaired) electrons. The molecule has 1 N–H and O–H groups in total. The molecule has 2 nitrogen and oxygen atoms in total. The summed E-state index contributed by atoms with van der Waals surface area (Å²) in [7, 11) is 0. The second-order valence-electron chi connectivity index (χ2n) is 4.06. The molecule has 1 saturated heterocycles. The first-order valence-electron chi connectivity index (χ1n) is 5.20. The molecule has 0 aliphatic carbocycles. The molecule has 1 atom stereocenters. The molecule has 0 saturated carbocycles. The van der Waals surface area contributed by atoms with E-state index in [9.17, 15) is 0 Å². The Hall–Kier alpha value is -0.480. The number of nitrogens with zero attached hydrogens (tertiary/aromatic N) is 1. The maximum absolute atomic E-state index is 4.57. The molecule has 2 heterocycles. The van der Waals surface area contributed by atoms with Crippen molar-refractivity contribution in [2.45, 2.75) is 26.4 Å². The highest BCUT2D eigenvalue weighted by atomic mass is 32.2. The van der Waals surface area contributed by atoms with E-state index in [-0.39, 0.29) is 0 Å². The van der Waals surface area contributed by atoms with E-state index in [0.29, 0.717) is 12.0 Å². The molecular formula is C11H16N2S2. The molecule has 0 bridgehead atoms. The van der Waals surface area contributed by atoms with E-state index < -0.39 is 0 Å². The summed E-state index contributed by atoms with van der Waals surface area (Å²) in [5.74, 6) is 1.84. The van der Waals surface area contributed by atoms with Gasteiger partial charge in [0, 0.05) is 11.8 Å². The van der Waals surface area contributed by atoms with Gasteiger partial charge in [0.2, 0.25) is 0 Å². The highest BCUT2D eigenvalue weighted by molar-refractivity contribution is 8.14. The Bertz CT molecular complexity index is 330. The van der Waals surface area contributed by atoms with Gasteiger partial charge in [-0.2, -0.15) is 11.3 Å². The van der Waals surface area contributed by atoms with Crippen molar-refractivity contribution in [1.29, 1.82) is 0 Å². The highest BCUT2D eigenvalue weighted by Gasteiger charge is 2.22. The van der Waals surface area contributed by atoms with Gasteiger partial charge in [0.05, 0.1) is 6.54 Å². The van der Waals surface area contributed by atoms with E-state index in [1.54, 1.807) is 11.3 Å². The third-order valence-corrected chi connectivity index (χ3v) is 4.28. The second kappa shape index (κ2) is 5.03. The minimum atomic E-state index is 0.594. The average molecular weight is 240 g/mol. The van der Waals surface area contributed by atoms with Gasteiger partial charge in [0.15, 0.2) is 5.17 Å². The van der Waals surface area contributed by atoms with Crippen molar-refractivity contribution in [2.75, 3.05) is 5.75 Å². The smallest absolute Gasteiger partial charge is 0.157 e. The summed E-state index contributed by atoms with van der Waals surface area (Å²) < 4.78 is 0. The summed E-state index contributed by atoms with van der Waals surface area (Å²) in [6.07, 6.45) is 0. The lowest BCUT2D eigenvalue weighted by Gasteiger charge is -2.12. The predicted molar refractivity (Wildman–Crippen MR) is 69.7 cm³/mol. The predicted octanol–water partition coefficient (Wildman–Crippen LogP) is 2.97. The molecule has 1 aliphatic heterocycles. The molecule has 4 heteroatoms. The lowest BCUT2D eigenvalue weighted by atomic mass is 10.1. The fraction of sp³-hybridized carbons (Fsp3) is 0.545. The van der Waals surface area contributed by atoms with Crippen LogP contribution in [-0.4, -0.2) is 17.0 Å². The van der Waals surface area contributed by atoms with E-state index >= 15 is 0 Å². The van der Waals surface area contributed by atoms with Gasteiger partial charge < -0.3 is 5.32 Å². The van der Waals surface area contributed by atoms with Gasteiger partial charge >= 0.3 is 0 Å². The number of hydrogen-bond donors (Lipinski definition) is 1. The van der Waals surface area contributed by atoms with Crippen LogP contribution in [0, 0.1) is 5.92 Å². The average Bonchev–Trinajstić information content (AvgIpc) is 2.86. The van der Waals surface area contributed by atoms with Crippen molar-refractivity contribution in [3.8, 4) is 0 Å². The number of aliphatic imine (C=N–C) groups is 1. The molecule has 1 fully saturated rings. The molecule has 1 aromatic rings. The summed E-state index contributed by atoms with van der Waals surface area (Å²) in [6.45, 7) is 5.31. The van der Waals surface area contributed by atoms with Gasteiger partial charge in [0.25, 0.3) is 0 Å². The fourth-order valence-electron chi connectivity index (χ4n) is 1.41. The first kappa shape index (κ1) is 11.0. The monoisotopic (exact) mass is 240 g/mol. The Kier molecular flexibility index (Phi) is 3.70. The Balaban J connectivity index is 1.88. The molecule has 0 spiro atoms. The van der Waals surface area contributed by atoms with Gasteiger partial charge in [0.1, 0.15) is 0 Å². The number of thiophene rings is 1. The van der Waals surface area contributed by atoms with Gasteiger partial charge in [-0.3, -0.25) is 4.99 Å². The zero-order valence-electron chi connectivity index (χ0n) is 9.06. The standard InChI is InChI=1S/C11H16N2S2/c1-8(2)10-7-15-11(13-10)12-5-9-3-4-14-6-9/h3-4,6,8,10H,5,7H2,1-2H3,(H,12,13). The number of amidine groups is 1. The SMILES string of the molecule is CC(C)C1CSC(=NCc2ccsc2)N1. The summed E-state index contributed by atoms with van der Waals surface area (Å²) in [6, 6.07) is 2.73. The van der Waals surface area contributed by atoms with Crippen molar-refractivity contribution in [3.05, 3.63) is 22.4 Å². The quantitative estimate of drug-likeness (QED) is 0.878. The van der Waals surface area contributed by atoms with Gasteiger partial charge in [-0.1, -0.05) is 25.6 Å². The highest BCUT2D eigenvalue weighted by Crippen LogP contribution is 2.19. The van der Waals surface area contributed by atoms with Crippen LogP contribution in [0.15, 0.2) is 21.8 Å². The zero-order valence-corrected chi connectivity index (χ0v) is 10.7. The molecular weight excluding hydrogens is 224 g/mol. The van der Waals surface area contributed by atoms with Crippen molar-refractivity contribution in [3.63, 3.8) is 0 Å². The molecule has 0 aromatic carbocycles.